The van der Waals surface area contributed by atoms with E-state index in [2.05, 4.69) is 50.7 Å². The molecule has 5 heterocycles. The minimum Gasteiger partial charge on any atom is -0.342 e. The molecule has 0 amide bonds. The summed E-state index contributed by atoms with van der Waals surface area (Å²) in [5.41, 5.74) is 5.43. The molecule has 182 valence electrons. The number of fused-ring (bicyclic) bond motifs is 7. The molecule has 0 aliphatic heterocycles. The molecule has 2 saturated carbocycles. The summed E-state index contributed by atoms with van der Waals surface area (Å²) in [5.74, 6) is -1.00. The number of benzene rings is 1. The summed E-state index contributed by atoms with van der Waals surface area (Å²) in [6, 6.07) is 10.7. The standard InChI is InChI=1S/C27H19N5O2S3/c1-32-16-10-18(36-26(16)27-23(32)14-8-4-5-9-17(14)35-27)21-22-20(30-37-31-22)15(11-28-21)29-19-12-6-2-3-7-13(12)24(33)25(19)34/h4-5,8-13H,2-3,6-7H2,1H3. The van der Waals surface area contributed by atoms with E-state index in [0.29, 0.717) is 22.4 Å². The number of carbonyl (C=O) groups excluding carboxylic acids is 2. The predicted octanol–water partition coefficient (Wildman–Crippen LogP) is 6.71. The van der Waals surface area contributed by atoms with Crippen molar-refractivity contribution in [1.82, 2.24) is 18.3 Å². The van der Waals surface area contributed by atoms with E-state index in [1.54, 1.807) is 17.5 Å². The summed E-state index contributed by atoms with van der Waals surface area (Å²) in [5, 5.41) is 1.28. The Morgan fingerprint density at radius 1 is 1.00 bits per heavy atom. The van der Waals surface area contributed by atoms with Gasteiger partial charge in [-0.25, -0.2) is 4.99 Å². The Morgan fingerprint density at radius 2 is 1.81 bits per heavy atom. The average Bonchev–Trinajstić information content (AvgIpc) is 3.72. The van der Waals surface area contributed by atoms with E-state index in [0.717, 1.165) is 48.0 Å². The first-order valence-corrected chi connectivity index (χ1v) is 14.6. The molecule has 0 radical (unpaired) electrons. The van der Waals surface area contributed by atoms with Gasteiger partial charge in [-0.15, -0.1) is 22.7 Å². The maximum Gasteiger partial charge on any atom is 0.243 e. The Balaban J connectivity index is 1.27. The molecule has 7 nitrogen and oxygen atoms in total. The fourth-order valence-corrected chi connectivity index (χ4v) is 9.19. The van der Waals surface area contributed by atoms with E-state index in [9.17, 15) is 9.59 Å². The van der Waals surface area contributed by atoms with Crippen molar-refractivity contribution < 1.29 is 9.59 Å². The summed E-state index contributed by atoms with van der Waals surface area (Å²) < 4.78 is 15.2. The molecule has 0 spiro atoms. The van der Waals surface area contributed by atoms with Crippen LogP contribution in [-0.4, -0.2) is 35.6 Å². The van der Waals surface area contributed by atoms with Gasteiger partial charge in [0.25, 0.3) is 0 Å². The zero-order valence-corrected chi connectivity index (χ0v) is 22.2. The molecule has 10 heteroatoms. The van der Waals surface area contributed by atoms with Crippen molar-refractivity contribution in [2.45, 2.75) is 25.7 Å². The van der Waals surface area contributed by atoms with E-state index in [4.69, 9.17) is 9.98 Å². The molecule has 2 fully saturated rings. The molecule has 2 unspecified atom stereocenters. The lowest BCUT2D eigenvalue weighted by atomic mass is 9.81. The van der Waals surface area contributed by atoms with Crippen molar-refractivity contribution in [3.8, 4) is 10.6 Å². The maximum absolute atomic E-state index is 12.8. The van der Waals surface area contributed by atoms with Crippen LogP contribution in [0, 0.1) is 11.8 Å². The Bertz CT molecular complexity index is 1970. The van der Waals surface area contributed by atoms with Gasteiger partial charge in [0, 0.05) is 29.0 Å². The van der Waals surface area contributed by atoms with Gasteiger partial charge in [0.15, 0.2) is 0 Å². The first-order valence-electron chi connectivity index (χ1n) is 12.3. The van der Waals surface area contributed by atoms with Crippen molar-refractivity contribution in [2.75, 3.05) is 0 Å². The second-order valence-electron chi connectivity index (χ2n) is 9.80. The highest BCUT2D eigenvalue weighted by atomic mass is 32.1. The molecule has 8 rings (SSSR count). The summed E-state index contributed by atoms with van der Waals surface area (Å²) >= 11 is 4.66. The third kappa shape index (κ3) is 2.97. The number of thiophene rings is 2. The number of nitrogens with zero attached hydrogens (tertiary/aromatic N) is 5. The second-order valence-corrected chi connectivity index (χ2v) is 12.4. The molecule has 0 N–H and O–H groups in total. The molecule has 2 atom stereocenters. The second kappa shape index (κ2) is 7.83. The lowest BCUT2D eigenvalue weighted by Gasteiger charge is -2.22. The number of carbonyl (C=O) groups is 2. The maximum atomic E-state index is 12.8. The fraction of sp³-hybridized carbons (Fsp3) is 0.259. The summed E-state index contributed by atoms with van der Waals surface area (Å²) in [6.07, 6.45) is 5.30. The van der Waals surface area contributed by atoms with Crippen LogP contribution < -0.4 is 0 Å². The van der Waals surface area contributed by atoms with Gasteiger partial charge in [-0.2, -0.15) is 8.75 Å². The molecule has 0 saturated heterocycles. The van der Waals surface area contributed by atoms with Crippen LogP contribution in [0.25, 0.3) is 52.1 Å². The number of aryl methyl sites for hydroxylation is 1. The van der Waals surface area contributed by atoms with E-state index >= 15 is 0 Å². The van der Waals surface area contributed by atoms with Crippen molar-refractivity contribution in [2.24, 2.45) is 23.9 Å². The Morgan fingerprint density at radius 3 is 2.70 bits per heavy atom. The highest BCUT2D eigenvalue weighted by Crippen LogP contribution is 2.46. The molecule has 1 aromatic carbocycles. The minimum atomic E-state index is -0.436. The number of Topliss-reactive ketones (excluding diaryl/α,β-unsaturated/α-hetero) is 2. The zero-order valence-electron chi connectivity index (χ0n) is 19.7. The van der Waals surface area contributed by atoms with Gasteiger partial charge in [-0.1, -0.05) is 31.0 Å². The number of hydrogen-bond acceptors (Lipinski definition) is 9. The molecule has 2 aliphatic rings. The quantitative estimate of drug-likeness (QED) is 0.227. The number of aliphatic imine (C=N–C) groups is 1. The molecule has 2 aliphatic carbocycles. The number of rotatable bonds is 2. The van der Waals surface area contributed by atoms with Crippen LogP contribution in [0.15, 0.2) is 41.5 Å². The van der Waals surface area contributed by atoms with Crippen molar-refractivity contribution in [3.63, 3.8) is 0 Å². The highest BCUT2D eigenvalue weighted by molar-refractivity contribution is 7.32. The van der Waals surface area contributed by atoms with Crippen LogP contribution in [0.2, 0.25) is 0 Å². The first-order chi connectivity index (χ1) is 18.1. The molecule has 0 bridgehead atoms. The predicted molar refractivity (Wildman–Crippen MR) is 150 cm³/mol. The number of aromatic nitrogens is 4. The lowest BCUT2D eigenvalue weighted by molar-refractivity contribution is -0.134. The number of hydrogen-bond donors (Lipinski definition) is 0. The minimum absolute atomic E-state index is 0.0821. The number of pyridine rings is 1. The van der Waals surface area contributed by atoms with Crippen LogP contribution in [0.5, 0.6) is 0 Å². The van der Waals surface area contributed by atoms with Crippen molar-refractivity contribution in [1.29, 1.82) is 0 Å². The van der Waals surface area contributed by atoms with Crippen LogP contribution in [0.3, 0.4) is 0 Å². The van der Waals surface area contributed by atoms with Gasteiger partial charge in [0.2, 0.25) is 11.6 Å². The zero-order chi connectivity index (χ0) is 24.8. The van der Waals surface area contributed by atoms with Crippen LogP contribution in [0.1, 0.15) is 25.7 Å². The molecular formula is C27H19N5O2S3. The highest BCUT2D eigenvalue weighted by Gasteiger charge is 2.47. The summed E-state index contributed by atoms with van der Waals surface area (Å²) in [6.45, 7) is 0. The van der Waals surface area contributed by atoms with Gasteiger partial charge < -0.3 is 4.57 Å². The van der Waals surface area contributed by atoms with E-state index in [1.165, 1.54) is 30.5 Å². The smallest absolute Gasteiger partial charge is 0.243 e. The Labute approximate surface area is 222 Å². The third-order valence-electron chi connectivity index (χ3n) is 7.84. The van der Waals surface area contributed by atoms with E-state index in [-0.39, 0.29) is 17.6 Å². The lowest BCUT2D eigenvalue weighted by Crippen LogP contribution is -2.21. The average molecular weight is 542 g/mol. The SMILES string of the molecule is Cn1c2cc(-c3ncc(N=C4C(=O)C(=O)C5CCCCC45)c4nsnc34)sc2c2sc3ccccc3c21. The summed E-state index contributed by atoms with van der Waals surface area (Å²) in [4.78, 5) is 35.8. The largest absolute Gasteiger partial charge is 0.342 e. The van der Waals surface area contributed by atoms with Crippen molar-refractivity contribution >= 4 is 98.9 Å². The summed E-state index contributed by atoms with van der Waals surface area (Å²) in [7, 11) is 2.12. The normalized spacial score (nSPS) is 21.4. The van der Waals surface area contributed by atoms with Gasteiger partial charge in [0.05, 0.1) is 48.9 Å². The van der Waals surface area contributed by atoms with Crippen molar-refractivity contribution in [3.05, 3.63) is 36.5 Å². The van der Waals surface area contributed by atoms with Gasteiger partial charge in [0.1, 0.15) is 22.4 Å². The van der Waals surface area contributed by atoms with Gasteiger partial charge in [-0.05, 0) is 25.0 Å². The molecule has 5 aromatic heterocycles. The van der Waals surface area contributed by atoms with Crippen LogP contribution >= 0.6 is 34.4 Å². The molecule has 6 aromatic rings. The molecule has 37 heavy (non-hydrogen) atoms. The topological polar surface area (TPSA) is 90.1 Å². The van der Waals surface area contributed by atoms with Crippen LogP contribution in [0.4, 0.5) is 5.69 Å². The first kappa shape index (κ1) is 21.7. The third-order valence-corrected chi connectivity index (χ3v) is 10.8. The Kier molecular flexibility index (Phi) is 4.60. The van der Waals surface area contributed by atoms with E-state index < -0.39 is 5.78 Å². The fourth-order valence-electron chi connectivity index (χ4n) is 6.07. The molecular weight excluding hydrogens is 523 g/mol. The van der Waals surface area contributed by atoms with E-state index in [1.807, 2.05) is 11.3 Å². The Hall–Kier alpha value is -3.34. The van der Waals surface area contributed by atoms with Gasteiger partial charge >= 0.3 is 0 Å². The number of ketones is 2. The monoisotopic (exact) mass is 541 g/mol. The van der Waals surface area contributed by atoms with Gasteiger partial charge in [-0.3, -0.25) is 14.6 Å². The van der Waals surface area contributed by atoms with Crippen LogP contribution in [-0.2, 0) is 16.6 Å².